The van der Waals surface area contributed by atoms with E-state index in [9.17, 15) is 13.2 Å². The molecule has 2 N–H and O–H groups in total. The van der Waals surface area contributed by atoms with Crippen molar-refractivity contribution in [2.45, 2.75) is 12.1 Å². The summed E-state index contributed by atoms with van der Waals surface area (Å²) in [4.78, 5) is 18.8. The molecular weight excluding hydrogens is 350 g/mol. The maximum atomic E-state index is 12.4. The van der Waals surface area contributed by atoms with E-state index >= 15 is 0 Å². The summed E-state index contributed by atoms with van der Waals surface area (Å²) in [6, 6.07) is 12.0. The zero-order valence-corrected chi connectivity index (χ0v) is 14.3. The lowest BCUT2D eigenvalue weighted by atomic mass is 10.2. The minimum Gasteiger partial charge on any atom is -0.329 e. The molecule has 0 unspecified atom stereocenters. The van der Waals surface area contributed by atoms with Crippen molar-refractivity contribution in [2.24, 2.45) is 0 Å². The Morgan fingerprint density at radius 3 is 2.71 bits per heavy atom. The summed E-state index contributed by atoms with van der Waals surface area (Å²) in [6.07, 6.45) is 0. The van der Waals surface area contributed by atoms with Gasteiger partial charge in [0.15, 0.2) is 0 Å². The molecule has 1 aromatic heterocycles. The van der Waals surface area contributed by atoms with Crippen molar-refractivity contribution in [2.75, 3.05) is 11.1 Å². The normalized spacial score (nSPS) is 11.6. The first-order chi connectivity index (χ1) is 11.3. The maximum absolute atomic E-state index is 12.4. The number of nitrogens with one attached hydrogen (secondary N) is 2. The fourth-order valence-electron chi connectivity index (χ4n) is 2.23. The van der Waals surface area contributed by atoms with E-state index in [0.29, 0.717) is 21.7 Å². The SMILES string of the molecule is Cc1ccc(NC(=O)CS(=O)(=O)c2nc3ccccc3[nH]2)c(Cl)c1. The van der Waals surface area contributed by atoms with E-state index in [4.69, 9.17) is 11.6 Å². The third-order valence-corrected chi connectivity index (χ3v) is 5.12. The zero-order chi connectivity index (χ0) is 17.3. The first-order valence-corrected chi connectivity index (χ1v) is 9.12. The lowest BCUT2D eigenvalue weighted by molar-refractivity contribution is -0.113. The number of para-hydroxylation sites is 2. The molecule has 0 fully saturated rings. The van der Waals surface area contributed by atoms with E-state index in [2.05, 4.69) is 15.3 Å². The van der Waals surface area contributed by atoms with Crippen molar-refractivity contribution in [3.05, 3.63) is 53.1 Å². The van der Waals surface area contributed by atoms with Crippen LogP contribution in [-0.4, -0.2) is 30.0 Å². The molecule has 124 valence electrons. The molecule has 24 heavy (non-hydrogen) atoms. The number of benzene rings is 2. The van der Waals surface area contributed by atoms with Gasteiger partial charge >= 0.3 is 0 Å². The third kappa shape index (κ3) is 3.42. The van der Waals surface area contributed by atoms with Crippen LogP contribution in [0.5, 0.6) is 0 Å². The highest BCUT2D eigenvalue weighted by molar-refractivity contribution is 7.92. The number of fused-ring (bicyclic) bond motifs is 1. The molecule has 0 aliphatic rings. The van der Waals surface area contributed by atoms with Gasteiger partial charge in [0, 0.05) is 0 Å². The lowest BCUT2D eigenvalue weighted by Gasteiger charge is -2.07. The minimum atomic E-state index is -3.88. The Morgan fingerprint density at radius 2 is 2.00 bits per heavy atom. The number of aromatic nitrogens is 2. The molecule has 0 aliphatic heterocycles. The Labute approximate surface area is 143 Å². The molecule has 3 aromatic rings. The molecule has 0 spiro atoms. The van der Waals surface area contributed by atoms with Crippen LogP contribution in [0.2, 0.25) is 5.02 Å². The van der Waals surface area contributed by atoms with Gasteiger partial charge in [0.05, 0.1) is 21.7 Å². The molecule has 0 bridgehead atoms. The van der Waals surface area contributed by atoms with Crippen molar-refractivity contribution in [1.82, 2.24) is 9.97 Å². The van der Waals surface area contributed by atoms with E-state index < -0.39 is 21.5 Å². The third-order valence-electron chi connectivity index (χ3n) is 3.38. The molecule has 1 amide bonds. The smallest absolute Gasteiger partial charge is 0.240 e. The van der Waals surface area contributed by atoms with E-state index in [0.717, 1.165) is 5.56 Å². The summed E-state index contributed by atoms with van der Waals surface area (Å²) >= 11 is 6.03. The number of aryl methyl sites for hydroxylation is 1. The Kier molecular flexibility index (Phi) is 4.29. The number of amides is 1. The van der Waals surface area contributed by atoms with Crippen LogP contribution < -0.4 is 5.32 Å². The molecule has 0 saturated heterocycles. The molecule has 0 saturated carbocycles. The fraction of sp³-hybridized carbons (Fsp3) is 0.125. The summed E-state index contributed by atoms with van der Waals surface area (Å²) in [6.45, 7) is 1.86. The highest BCUT2D eigenvalue weighted by Gasteiger charge is 2.23. The van der Waals surface area contributed by atoms with Gasteiger partial charge in [-0.3, -0.25) is 4.79 Å². The van der Waals surface area contributed by atoms with Crippen LogP contribution in [0.3, 0.4) is 0 Å². The number of carbonyl (C=O) groups is 1. The Morgan fingerprint density at radius 1 is 1.25 bits per heavy atom. The van der Waals surface area contributed by atoms with Crippen molar-refractivity contribution < 1.29 is 13.2 Å². The molecule has 2 aromatic carbocycles. The van der Waals surface area contributed by atoms with Crippen LogP contribution in [0.25, 0.3) is 11.0 Å². The zero-order valence-electron chi connectivity index (χ0n) is 12.7. The van der Waals surface area contributed by atoms with E-state index in [1.807, 2.05) is 6.92 Å². The van der Waals surface area contributed by atoms with E-state index in [1.54, 1.807) is 42.5 Å². The molecule has 6 nitrogen and oxygen atoms in total. The van der Waals surface area contributed by atoms with Gasteiger partial charge in [0.2, 0.25) is 20.9 Å². The van der Waals surface area contributed by atoms with E-state index in [1.165, 1.54) is 0 Å². The van der Waals surface area contributed by atoms with Crippen LogP contribution in [-0.2, 0) is 14.6 Å². The van der Waals surface area contributed by atoms with Crippen molar-refractivity contribution in [3.63, 3.8) is 0 Å². The molecule has 0 aliphatic carbocycles. The van der Waals surface area contributed by atoms with Gasteiger partial charge in [-0.1, -0.05) is 29.8 Å². The minimum absolute atomic E-state index is 0.228. The van der Waals surface area contributed by atoms with E-state index in [-0.39, 0.29) is 5.16 Å². The molecule has 0 radical (unpaired) electrons. The molecule has 3 rings (SSSR count). The average Bonchev–Trinajstić information content (AvgIpc) is 2.94. The lowest BCUT2D eigenvalue weighted by Crippen LogP contribution is -2.23. The second-order valence-corrected chi connectivity index (χ2v) is 7.66. The molecule has 1 heterocycles. The summed E-state index contributed by atoms with van der Waals surface area (Å²) in [5.41, 5.74) is 2.43. The van der Waals surface area contributed by atoms with Gasteiger partial charge in [-0.25, -0.2) is 13.4 Å². The van der Waals surface area contributed by atoms with Gasteiger partial charge in [-0.05, 0) is 36.8 Å². The Hall–Kier alpha value is -2.38. The molecule has 0 atom stereocenters. The number of sulfone groups is 1. The van der Waals surface area contributed by atoms with Crippen LogP contribution in [0, 0.1) is 6.92 Å². The number of aromatic amines is 1. The second kappa shape index (κ2) is 6.26. The Balaban J connectivity index is 1.79. The summed E-state index contributed by atoms with van der Waals surface area (Å²) in [5, 5.41) is 2.63. The topological polar surface area (TPSA) is 91.9 Å². The Bertz CT molecular complexity index is 995. The number of carbonyl (C=O) groups excluding carboxylic acids is 1. The fourth-order valence-corrected chi connectivity index (χ4v) is 3.56. The standard InChI is InChI=1S/C16H14ClN3O3S/c1-10-6-7-12(11(17)8-10)18-15(21)9-24(22,23)16-19-13-4-2-3-5-14(13)20-16/h2-8H,9H2,1H3,(H,18,21)(H,19,20). The van der Waals surface area contributed by atoms with Crippen LogP contribution in [0.1, 0.15) is 5.56 Å². The van der Waals surface area contributed by atoms with Crippen LogP contribution >= 0.6 is 11.6 Å². The quantitative estimate of drug-likeness (QED) is 0.745. The number of anilines is 1. The average molecular weight is 364 g/mol. The van der Waals surface area contributed by atoms with Gasteiger partial charge in [-0.15, -0.1) is 0 Å². The number of H-pyrrole nitrogens is 1. The van der Waals surface area contributed by atoms with Gasteiger partial charge in [0.1, 0.15) is 5.75 Å². The summed E-state index contributed by atoms with van der Waals surface area (Å²) < 4.78 is 24.7. The summed E-state index contributed by atoms with van der Waals surface area (Å²) in [5.74, 6) is -1.40. The van der Waals surface area contributed by atoms with Crippen molar-refractivity contribution >= 4 is 44.1 Å². The maximum Gasteiger partial charge on any atom is 0.240 e. The number of hydrogen-bond donors (Lipinski definition) is 2. The summed E-state index contributed by atoms with van der Waals surface area (Å²) in [7, 11) is -3.88. The van der Waals surface area contributed by atoms with Gasteiger partial charge in [-0.2, -0.15) is 0 Å². The predicted octanol–water partition coefficient (Wildman–Crippen LogP) is 2.94. The number of hydrogen-bond acceptors (Lipinski definition) is 4. The number of halogens is 1. The number of nitrogens with zero attached hydrogens (tertiary/aromatic N) is 1. The van der Waals surface area contributed by atoms with Crippen LogP contribution in [0.4, 0.5) is 5.69 Å². The monoisotopic (exact) mass is 363 g/mol. The largest absolute Gasteiger partial charge is 0.329 e. The number of imidazole rings is 1. The van der Waals surface area contributed by atoms with Crippen molar-refractivity contribution in [1.29, 1.82) is 0 Å². The van der Waals surface area contributed by atoms with Gasteiger partial charge in [0.25, 0.3) is 0 Å². The number of rotatable bonds is 4. The first-order valence-electron chi connectivity index (χ1n) is 7.09. The molecule has 8 heteroatoms. The first kappa shape index (κ1) is 16.5. The molecular formula is C16H14ClN3O3S. The predicted molar refractivity (Wildman–Crippen MR) is 93.0 cm³/mol. The van der Waals surface area contributed by atoms with Gasteiger partial charge < -0.3 is 10.3 Å². The second-order valence-electron chi connectivity index (χ2n) is 5.35. The van der Waals surface area contributed by atoms with Crippen LogP contribution in [0.15, 0.2) is 47.6 Å². The highest BCUT2D eigenvalue weighted by Crippen LogP contribution is 2.23. The highest BCUT2D eigenvalue weighted by atomic mass is 35.5. The van der Waals surface area contributed by atoms with Crippen molar-refractivity contribution in [3.8, 4) is 0 Å².